The quantitative estimate of drug-likeness (QED) is 0.712. The van der Waals surface area contributed by atoms with E-state index < -0.39 is 6.10 Å². The number of carbonyl (C=O) groups excluding carboxylic acids is 1. The molecule has 0 radical (unpaired) electrons. The predicted octanol–water partition coefficient (Wildman–Crippen LogP) is 2.19. The van der Waals surface area contributed by atoms with E-state index >= 15 is 0 Å². The number of aldehydes is 1. The number of carbonyl (C=O) groups is 1. The fourth-order valence-electron chi connectivity index (χ4n) is 1.22. The molecule has 0 N–H and O–H groups in total. The van der Waals surface area contributed by atoms with E-state index in [4.69, 9.17) is 14.7 Å². The number of benzene rings is 1. The smallest absolute Gasteiger partial charge is 0.181 e. The predicted molar refractivity (Wildman–Crippen MR) is 58.7 cm³/mol. The lowest BCUT2D eigenvalue weighted by Crippen LogP contribution is -2.11. The van der Waals surface area contributed by atoms with E-state index in [1.807, 2.05) is 13.0 Å². The van der Waals surface area contributed by atoms with Gasteiger partial charge in [0.05, 0.1) is 12.2 Å². The summed E-state index contributed by atoms with van der Waals surface area (Å²) in [5.74, 6) is 0.808. The average Bonchev–Trinajstić information content (AvgIpc) is 2.31. The van der Waals surface area contributed by atoms with Crippen LogP contribution in [-0.2, 0) is 0 Å². The Morgan fingerprint density at radius 1 is 1.56 bits per heavy atom. The third-order valence-corrected chi connectivity index (χ3v) is 1.91. The molecule has 1 unspecified atom stereocenters. The minimum atomic E-state index is -0.625. The highest BCUT2D eigenvalue weighted by Crippen LogP contribution is 2.31. The average molecular weight is 219 g/mol. The first-order valence-electron chi connectivity index (χ1n) is 5.00. The number of hydrogen-bond acceptors (Lipinski definition) is 4. The summed E-state index contributed by atoms with van der Waals surface area (Å²) in [7, 11) is 0. The van der Waals surface area contributed by atoms with Crippen molar-refractivity contribution in [2.75, 3.05) is 6.61 Å². The van der Waals surface area contributed by atoms with Gasteiger partial charge in [0.25, 0.3) is 0 Å². The highest BCUT2D eigenvalue weighted by molar-refractivity contribution is 5.81. The van der Waals surface area contributed by atoms with Crippen LogP contribution in [-0.4, -0.2) is 19.0 Å². The molecular weight excluding hydrogens is 206 g/mol. The molecule has 1 aromatic carbocycles. The lowest BCUT2D eigenvalue weighted by molar-refractivity contribution is 0.111. The Kier molecular flexibility index (Phi) is 4.34. The van der Waals surface area contributed by atoms with Crippen LogP contribution in [0.3, 0.4) is 0 Å². The van der Waals surface area contributed by atoms with Crippen molar-refractivity contribution in [3.05, 3.63) is 23.8 Å². The maximum Gasteiger partial charge on any atom is 0.181 e. The van der Waals surface area contributed by atoms with Gasteiger partial charge >= 0.3 is 0 Å². The maximum absolute atomic E-state index is 10.8. The van der Waals surface area contributed by atoms with E-state index in [0.29, 0.717) is 30.0 Å². The molecule has 0 bridgehead atoms. The molecule has 1 aromatic rings. The molecule has 0 aromatic heterocycles. The van der Waals surface area contributed by atoms with Crippen molar-refractivity contribution >= 4 is 6.29 Å². The summed E-state index contributed by atoms with van der Waals surface area (Å²) >= 11 is 0. The monoisotopic (exact) mass is 219 g/mol. The highest BCUT2D eigenvalue weighted by atomic mass is 16.5. The van der Waals surface area contributed by atoms with Crippen molar-refractivity contribution in [1.82, 2.24) is 0 Å². The van der Waals surface area contributed by atoms with Crippen LogP contribution in [0.5, 0.6) is 11.5 Å². The standard InChI is InChI=1S/C12H13NO3/c1-3-15-11-6-4-5-10(8-14)12(11)16-9(2)7-13/h4-6,8-9H,3H2,1-2H3. The van der Waals surface area contributed by atoms with E-state index in [0.717, 1.165) is 0 Å². The van der Waals surface area contributed by atoms with E-state index in [-0.39, 0.29) is 0 Å². The zero-order valence-electron chi connectivity index (χ0n) is 9.27. The Labute approximate surface area is 94.4 Å². The Hall–Kier alpha value is -2.02. The Morgan fingerprint density at radius 3 is 2.88 bits per heavy atom. The summed E-state index contributed by atoms with van der Waals surface area (Å²) < 4.78 is 10.7. The molecule has 0 aliphatic rings. The van der Waals surface area contributed by atoms with Crippen LogP contribution in [0.4, 0.5) is 0 Å². The Bertz CT molecular complexity index is 409. The van der Waals surface area contributed by atoms with Gasteiger partial charge in [-0.2, -0.15) is 5.26 Å². The summed E-state index contributed by atoms with van der Waals surface area (Å²) in [4.78, 5) is 10.8. The minimum Gasteiger partial charge on any atom is -0.490 e. The molecule has 1 atom stereocenters. The van der Waals surface area contributed by atoms with Crippen LogP contribution in [0, 0.1) is 11.3 Å². The summed E-state index contributed by atoms with van der Waals surface area (Å²) in [6, 6.07) is 6.97. The van der Waals surface area contributed by atoms with E-state index in [9.17, 15) is 4.79 Å². The van der Waals surface area contributed by atoms with Crippen molar-refractivity contribution in [3.63, 3.8) is 0 Å². The Morgan fingerprint density at radius 2 is 2.31 bits per heavy atom. The van der Waals surface area contributed by atoms with Gasteiger partial charge in [-0.25, -0.2) is 0 Å². The van der Waals surface area contributed by atoms with Gasteiger partial charge in [0.1, 0.15) is 6.07 Å². The first kappa shape index (κ1) is 12.1. The van der Waals surface area contributed by atoms with Gasteiger partial charge in [-0.1, -0.05) is 6.07 Å². The number of nitrogens with zero attached hydrogens (tertiary/aromatic N) is 1. The van der Waals surface area contributed by atoms with Crippen molar-refractivity contribution in [2.45, 2.75) is 20.0 Å². The van der Waals surface area contributed by atoms with Crippen LogP contribution in [0.25, 0.3) is 0 Å². The molecule has 1 rings (SSSR count). The number of rotatable bonds is 5. The van der Waals surface area contributed by atoms with Crippen LogP contribution in [0.2, 0.25) is 0 Å². The first-order chi connectivity index (χ1) is 7.72. The molecule has 0 fully saturated rings. The highest BCUT2D eigenvalue weighted by Gasteiger charge is 2.13. The van der Waals surface area contributed by atoms with Crippen molar-refractivity contribution < 1.29 is 14.3 Å². The summed E-state index contributed by atoms with van der Waals surface area (Å²) in [6.07, 6.45) is 0.0578. The number of nitriles is 1. The fraction of sp³-hybridized carbons (Fsp3) is 0.333. The largest absolute Gasteiger partial charge is 0.490 e. The number of para-hydroxylation sites is 1. The Balaban J connectivity index is 3.09. The minimum absolute atomic E-state index is 0.327. The molecule has 16 heavy (non-hydrogen) atoms. The number of hydrogen-bond donors (Lipinski definition) is 0. The zero-order chi connectivity index (χ0) is 12.0. The van der Waals surface area contributed by atoms with Gasteiger partial charge in [-0.15, -0.1) is 0 Å². The molecule has 4 nitrogen and oxygen atoms in total. The first-order valence-corrected chi connectivity index (χ1v) is 5.00. The van der Waals surface area contributed by atoms with Crippen molar-refractivity contribution in [2.24, 2.45) is 0 Å². The summed E-state index contributed by atoms with van der Waals surface area (Å²) in [5, 5.41) is 8.68. The molecule has 84 valence electrons. The van der Waals surface area contributed by atoms with E-state index in [1.54, 1.807) is 25.1 Å². The van der Waals surface area contributed by atoms with Gasteiger partial charge < -0.3 is 9.47 Å². The SMILES string of the molecule is CCOc1cccc(C=O)c1OC(C)C#N. The second-order valence-corrected chi connectivity index (χ2v) is 3.11. The third kappa shape index (κ3) is 2.74. The third-order valence-electron chi connectivity index (χ3n) is 1.91. The molecule has 4 heteroatoms. The normalized spacial score (nSPS) is 11.3. The molecule has 0 spiro atoms. The van der Waals surface area contributed by atoms with Crippen LogP contribution < -0.4 is 9.47 Å². The molecule has 0 saturated carbocycles. The summed E-state index contributed by atoms with van der Waals surface area (Å²) in [6.45, 7) is 3.92. The fourth-order valence-corrected chi connectivity index (χ4v) is 1.22. The van der Waals surface area contributed by atoms with Crippen molar-refractivity contribution in [1.29, 1.82) is 5.26 Å². The van der Waals surface area contributed by atoms with Crippen LogP contribution in [0.15, 0.2) is 18.2 Å². The molecule has 0 aliphatic heterocycles. The van der Waals surface area contributed by atoms with Crippen LogP contribution in [0.1, 0.15) is 24.2 Å². The van der Waals surface area contributed by atoms with Gasteiger partial charge in [0.2, 0.25) is 0 Å². The molecule has 0 heterocycles. The lowest BCUT2D eigenvalue weighted by atomic mass is 10.2. The number of ether oxygens (including phenoxy) is 2. The maximum atomic E-state index is 10.8. The van der Waals surface area contributed by atoms with Gasteiger partial charge in [-0.05, 0) is 26.0 Å². The summed E-state index contributed by atoms with van der Waals surface area (Å²) in [5.41, 5.74) is 0.382. The van der Waals surface area contributed by atoms with Gasteiger partial charge in [-0.3, -0.25) is 4.79 Å². The van der Waals surface area contributed by atoms with E-state index in [2.05, 4.69) is 0 Å². The van der Waals surface area contributed by atoms with Gasteiger partial charge in [0, 0.05) is 0 Å². The van der Waals surface area contributed by atoms with Crippen molar-refractivity contribution in [3.8, 4) is 17.6 Å². The van der Waals surface area contributed by atoms with Gasteiger partial charge in [0.15, 0.2) is 23.9 Å². The van der Waals surface area contributed by atoms with E-state index in [1.165, 1.54) is 0 Å². The molecule has 0 saturated heterocycles. The topological polar surface area (TPSA) is 59.3 Å². The second kappa shape index (κ2) is 5.76. The lowest BCUT2D eigenvalue weighted by Gasteiger charge is -2.14. The molecule has 0 aliphatic carbocycles. The molecule has 0 amide bonds. The van der Waals surface area contributed by atoms with Crippen LogP contribution >= 0.6 is 0 Å². The molecular formula is C12H13NO3. The zero-order valence-corrected chi connectivity index (χ0v) is 9.27. The second-order valence-electron chi connectivity index (χ2n) is 3.11.